The van der Waals surface area contributed by atoms with Gasteiger partial charge in [0, 0.05) is 38.3 Å². The number of hydrogen-bond acceptors (Lipinski definition) is 3. The predicted molar refractivity (Wildman–Crippen MR) is 107 cm³/mol. The number of nitrogens with zero attached hydrogens (tertiary/aromatic N) is 3. The zero-order valence-electron chi connectivity index (χ0n) is 16.6. The van der Waals surface area contributed by atoms with Gasteiger partial charge in [0.2, 0.25) is 5.91 Å². The summed E-state index contributed by atoms with van der Waals surface area (Å²) in [6.07, 6.45) is 10.7. The van der Waals surface area contributed by atoms with Crippen molar-refractivity contribution in [3.8, 4) is 5.75 Å². The highest BCUT2D eigenvalue weighted by Gasteiger charge is 2.25. The van der Waals surface area contributed by atoms with Crippen LogP contribution in [0.3, 0.4) is 0 Å². The second-order valence-corrected chi connectivity index (χ2v) is 7.30. The molecule has 1 amide bonds. The number of rotatable bonds is 8. The summed E-state index contributed by atoms with van der Waals surface area (Å²) < 4.78 is 7.45. The molecule has 1 aromatic heterocycles. The number of methoxy groups -OCH3 is 1. The smallest absolute Gasteiger partial charge is 0.222 e. The highest BCUT2D eigenvalue weighted by atomic mass is 16.5. The summed E-state index contributed by atoms with van der Waals surface area (Å²) in [6, 6.07) is 8.57. The van der Waals surface area contributed by atoms with Crippen LogP contribution in [0, 0.1) is 0 Å². The Hall–Kier alpha value is -2.30. The van der Waals surface area contributed by atoms with E-state index < -0.39 is 0 Å². The SMILES string of the molecule is CCc1nccn1C1CCCN(C(=O)CCCCc2ccc(OC)cc2)C1. The van der Waals surface area contributed by atoms with E-state index in [2.05, 4.69) is 39.7 Å². The van der Waals surface area contributed by atoms with Crippen molar-refractivity contribution < 1.29 is 9.53 Å². The number of likely N-dealkylation sites (tertiary alicyclic amines) is 1. The topological polar surface area (TPSA) is 47.4 Å². The van der Waals surface area contributed by atoms with Gasteiger partial charge in [-0.05, 0) is 49.8 Å². The van der Waals surface area contributed by atoms with E-state index in [9.17, 15) is 4.79 Å². The van der Waals surface area contributed by atoms with Gasteiger partial charge in [0.15, 0.2) is 0 Å². The third-order valence-corrected chi connectivity index (χ3v) is 5.47. The highest BCUT2D eigenvalue weighted by molar-refractivity contribution is 5.76. The van der Waals surface area contributed by atoms with Crippen molar-refractivity contribution in [1.82, 2.24) is 14.5 Å². The molecule has 1 aliphatic rings. The minimum absolute atomic E-state index is 0.299. The second-order valence-electron chi connectivity index (χ2n) is 7.30. The van der Waals surface area contributed by atoms with E-state index >= 15 is 0 Å². The molecule has 5 nitrogen and oxygen atoms in total. The zero-order valence-corrected chi connectivity index (χ0v) is 16.6. The third kappa shape index (κ3) is 5.12. The Morgan fingerprint density at radius 2 is 2.07 bits per heavy atom. The van der Waals surface area contributed by atoms with Gasteiger partial charge in [-0.25, -0.2) is 4.98 Å². The maximum Gasteiger partial charge on any atom is 0.222 e. The van der Waals surface area contributed by atoms with Gasteiger partial charge in [0.05, 0.1) is 13.2 Å². The first-order chi connectivity index (χ1) is 13.2. The maximum absolute atomic E-state index is 12.6. The molecule has 1 fully saturated rings. The van der Waals surface area contributed by atoms with Crippen molar-refractivity contribution in [3.63, 3.8) is 0 Å². The number of ether oxygens (including phenoxy) is 1. The number of carbonyl (C=O) groups is 1. The van der Waals surface area contributed by atoms with Crippen LogP contribution in [-0.2, 0) is 17.6 Å². The molecule has 1 unspecified atom stereocenters. The van der Waals surface area contributed by atoms with Crippen molar-refractivity contribution in [2.75, 3.05) is 20.2 Å². The normalized spacial score (nSPS) is 17.1. The number of imidazole rings is 1. The van der Waals surface area contributed by atoms with Crippen LogP contribution in [-0.4, -0.2) is 40.6 Å². The van der Waals surface area contributed by atoms with E-state index in [1.807, 2.05) is 18.3 Å². The molecule has 5 heteroatoms. The van der Waals surface area contributed by atoms with Crippen LogP contribution in [0.15, 0.2) is 36.7 Å². The Morgan fingerprint density at radius 1 is 1.26 bits per heavy atom. The van der Waals surface area contributed by atoms with E-state index in [1.165, 1.54) is 5.56 Å². The molecule has 0 bridgehead atoms. The zero-order chi connectivity index (χ0) is 19.1. The lowest BCUT2D eigenvalue weighted by molar-refractivity contribution is -0.133. The number of unbranched alkanes of at least 4 members (excludes halogenated alkanes) is 1. The second kappa shape index (κ2) is 9.58. The number of piperidine rings is 1. The van der Waals surface area contributed by atoms with E-state index in [4.69, 9.17) is 4.74 Å². The fraction of sp³-hybridized carbons (Fsp3) is 0.545. The lowest BCUT2D eigenvalue weighted by atomic mass is 10.0. The van der Waals surface area contributed by atoms with Crippen molar-refractivity contribution in [2.24, 2.45) is 0 Å². The van der Waals surface area contributed by atoms with E-state index in [0.717, 1.165) is 63.2 Å². The van der Waals surface area contributed by atoms with Crippen molar-refractivity contribution >= 4 is 5.91 Å². The third-order valence-electron chi connectivity index (χ3n) is 5.47. The van der Waals surface area contributed by atoms with Crippen molar-refractivity contribution in [2.45, 2.75) is 57.9 Å². The van der Waals surface area contributed by atoms with Gasteiger partial charge in [0.1, 0.15) is 11.6 Å². The quantitative estimate of drug-likeness (QED) is 0.660. The first-order valence-electron chi connectivity index (χ1n) is 10.1. The van der Waals surface area contributed by atoms with E-state index in [1.54, 1.807) is 7.11 Å². The van der Waals surface area contributed by atoms with Gasteiger partial charge in [0.25, 0.3) is 0 Å². The van der Waals surface area contributed by atoms with Crippen LogP contribution in [0.4, 0.5) is 0 Å². The number of aryl methyl sites for hydroxylation is 2. The molecule has 2 aromatic rings. The number of amides is 1. The standard InChI is InChI=1S/C22H31N3O2/c1-3-21-23-14-16-25(21)19-8-6-15-24(17-19)22(26)9-5-4-7-18-10-12-20(27-2)13-11-18/h10-14,16,19H,3-9,15,17H2,1-2H3. The highest BCUT2D eigenvalue weighted by Crippen LogP contribution is 2.24. The summed E-state index contributed by atoms with van der Waals surface area (Å²) in [7, 11) is 1.68. The molecule has 146 valence electrons. The van der Waals surface area contributed by atoms with Crippen LogP contribution in [0.5, 0.6) is 5.75 Å². The number of carbonyl (C=O) groups excluding carboxylic acids is 1. The summed E-state index contributed by atoms with van der Waals surface area (Å²) in [5, 5.41) is 0. The van der Waals surface area contributed by atoms with Gasteiger partial charge in [-0.2, -0.15) is 0 Å². The number of benzene rings is 1. The van der Waals surface area contributed by atoms with Crippen molar-refractivity contribution in [3.05, 3.63) is 48.0 Å². The number of aromatic nitrogens is 2. The van der Waals surface area contributed by atoms with Gasteiger partial charge < -0.3 is 14.2 Å². The molecule has 0 spiro atoms. The Bertz CT molecular complexity index is 723. The molecular formula is C22H31N3O2. The molecule has 3 rings (SSSR count). The molecule has 2 heterocycles. The minimum atomic E-state index is 0.299. The maximum atomic E-state index is 12.6. The minimum Gasteiger partial charge on any atom is -0.497 e. The van der Waals surface area contributed by atoms with E-state index in [0.29, 0.717) is 18.4 Å². The van der Waals surface area contributed by atoms with Gasteiger partial charge >= 0.3 is 0 Å². The Balaban J connectivity index is 1.43. The van der Waals surface area contributed by atoms with Crippen LogP contribution in [0.2, 0.25) is 0 Å². The summed E-state index contributed by atoms with van der Waals surface area (Å²) in [5.74, 6) is 2.30. The monoisotopic (exact) mass is 369 g/mol. The Kier molecular flexibility index (Phi) is 6.91. The Morgan fingerprint density at radius 3 is 2.81 bits per heavy atom. The van der Waals surface area contributed by atoms with Crippen LogP contribution >= 0.6 is 0 Å². The molecule has 0 saturated carbocycles. The predicted octanol–water partition coefficient (Wildman–Crippen LogP) is 4.03. The lowest BCUT2D eigenvalue weighted by Crippen LogP contribution is -2.40. The fourth-order valence-corrected chi connectivity index (χ4v) is 3.91. The van der Waals surface area contributed by atoms with Gasteiger partial charge in [-0.1, -0.05) is 19.1 Å². The first-order valence-corrected chi connectivity index (χ1v) is 10.1. The molecule has 0 aliphatic carbocycles. The summed E-state index contributed by atoms with van der Waals surface area (Å²) >= 11 is 0. The molecule has 27 heavy (non-hydrogen) atoms. The first kappa shape index (κ1) is 19.5. The lowest BCUT2D eigenvalue weighted by Gasteiger charge is -2.34. The molecule has 1 aliphatic heterocycles. The van der Waals surface area contributed by atoms with Gasteiger partial charge in [-0.15, -0.1) is 0 Å². The molecule has 0 radical (unpaired) electrons. The van der Waals surface area contributed by atoms with Crippen LogP contribution in [0.1, 0.15) is 56.5 Å². The summed E-state index contributed by atoms with van der Waals surface area (Å²) in [4.78, 5) is 19.1. The summed E-state index contributed by atoms with van der Waals surface area (Å²) in [6.45, 7) is 3.85. The van der Waals surface area contributed by atoms with E-state index in [-0.39, 0.29) is 0 Å². The molecule has 1 aromatic carbocycles. The average molecular weight is 370 g/mol. The van der Waals surface area contributed by atoms with Crippen LogP contribution < -0.4 is 4.74 Å². The molecular weight excluding hydrogens is 338 g/mol. The van der Waals surface area contributed by atoms with Gasteiger partial charge in [-0.3, -0.25) is 4.79 Å². The van der Waals surface area contributed by atoms with Crippen LogP contribution in [0.25, 0.3) is 0 Å². The average Bonchev–Trinajstić information content (AvgIpc) is 3.20. The summed E-state index contributed by atoms with van der Waals surface area (Å²) in [5.41, 5.74) is 1.30. The molecule has 1 saturated heterocycles. The largest absolute Gasteiger partial charge is 0.497 e. The molecule has 0 N–H and O–H groups in total. The Labute approximate surface area is 162 Å². The number of hydrogen-bond donors (Lipinski definition) is 0. The molecule has 1 atom stereocenters. The fourth-order valence-electron chi connectivity index (χ4n) is 3.91. The van der Waals surface area contributed by atoms with Crippen molar-refractivity contribution in [1.29, 1.82) is 0 Å².